The maximum atomic E-state index is 13.3. The standard InChI is InChI=1S/C24H38N8O6S/c1-39-11-9-16(23(37)38)30-22(36)18(13-19(26)33)32-21(35)17(12-14-6-3-2-4-7-14)31-20(34)15(25)8-5-10-29-24(27)28/h2-4,6-7,15-18H,5,8-13,25H2,1H3,(H2,26,33)(H,30,36)(H,31,34)(H,32,35)(H,37,38)(H4,27,28,29). The Morgan fingerprint density at radius 2 is 1.49 bits per heavy atom. The number of carbonyl (C=O) groups is 5. The summed E-state index contributed by atoms with van der Waals surface area (Å²) >= 11 is 1.40. The minimum Gasteiger partial charge on any atom is -0.480 e. The summed E-state index contributed by atoms with van der Waals surface area (Å²) in [7, 11) is 0. The van der Waals surface area contributed by atoms with Crippen molar-refractivity contribution in [2.45, 2.75) is 56.3 Å². The second kappa shape index (κ2) is 17.6. The minimum atomic E-state index is -1.46. The lowest BCUT2D eigenvalue weighted by Crippen LogP contribution is -2.58. The first-order chi connectivity index (χ1) is 18.4. The normalized spacial score (nSPS) is 13.7. The molecule has 0 aliphatic heterocycles. The Balaban J connectivity index is 3.04. The van der Waals surface area contributed by atoms with Crippen molar-refractivity contribution in [1.29, 1.82) is 0 Å². The summed E-state index contributed by atoms with van der Waals surface area (Å²) in [6.45, 7) is 0.273. The fourth-order valence-electron chi connectivity index (χ4n) is 3.44. The van der Waals surface area contributed by atoms with Gasteiger partial charge in [0.1, 0.15) is 18.1 Å². The molecule has 1 aromatic carbocycles. The van der Waals surface area contributed by atoms with E-state index in [2.05, 4.69) is 20.9 Å². The lowest BCUT2D eigenvalue weighted by Gasteiger charge is -2.25. The Labute approximate surface area is 231 Å². The van der Waals surface area contributed by atoms with Crippen LogP contribution in [-0.2, 0) is 30.4 Å². The molecule has 12 N–H and O–H groups in total. The van der Waals surface area contributed by atoms with Crippen molar-refractivity contribution >= 4 is 47.3 Å². The number of carboxylic acid groups (broad SMARTS) is 1. The van der Waals surface area contributed by atoms with E-state index in [0.717, 1.165) is 0 Å². The smallest absolute Gasteiger partial charge is 0.326 e. The molecule has 0 heterocycles. The van der Waals surface area contributed by atoms with Gasteiger partial charge in [0, 0.05) is 13.0 Å². The molecular formula is C24H38N8O6S. The minimum absolute atomic E-state index is 0.0511. The number of carbonyl (C=O) groups excluding carboxylic acids is 4. The summed E-state index contributed by atoms with van der Waals surface area (Å²) in [5.74, 6) is -4.06. The number of thioether (sulfide) groups is 1. The topological polar surface area (TPSA) is 258 Å². The van der Waals surface area contributed by atoms with Crippen molar-refractivity contribution in [2.75, 3.05) is 18.6 Å². The van der Waals surface area contributed by atoms with Gasteiger partial charge in [0.05, 0.1) is 12.5 Å². The van der Waals surface area contributed by atoms with Crippen LogP contribution in [-0.4, -0.2) is 83.4 Å². The van der Waals surface area contributed by atoms with Crippen LogP contribution in [0.1, 0.15) is 31.2 Å². The number of hydrogen-bond donors (Lipinski definition) is 8. The van der Waals surface area contributed by atoms with Gasteiger partial charge in [0.2, 0.25) is 23.6 Å². The lowest BCUT2D eigenvalue weighted by atomic mass is 10.0. The molecule has 4 atom stereocenters. The molecule has 14 nitrogen and oxygen atoms in total. The molecule has 0 radical (unpaired) electrons. The molecule has 0 saturated carbocycles. The van der Waals surface area contributed by atoms with Gasteiger partial charge in [-0.25, -0.2) is 4.79 Å². The summed E-state index contributed by atoms with van der Waals surface area (Å²) in [6, 6.07) is 3.96. The van der Waals surface area contributed by atoms with Crippen LogP contribution in [0.4, 0.5) is 0 Å². The average Bonchev–Trinajstić information content (AvgIpc) is 2.87. The number of nitrogens with one attached hydrogen (secondary N) is 3. The van der Waals surface area contributed by atoms with Crippen molar-refractivity contribution in [1.82, 2.24) is 16.0 Å². The number of aliphatic imine (C=N–C) groups is 1. The molecule has 39 heavy (non-hydrogen) atoms. The van der Waals surface area contributed by atoms with Crippen molar-refractivity contribution in [2.24, 2.45) is 27.9 Å². The van der Waals surface area contributed by atoms with Crippen LogP contribution in [0.15, 0.2) is 35.3 Å². The largest absolute Gasteiger partial charge is 0.480 e. The zero-order chi connectivity index (χ0) is 29.4. The molecule has 4 amide bonds. The molecule has 0 saturated heterocycles. The third-order valence-corrected chi connectivity index (χ3v) is 6.13. The molecule has 0 bridgehead atoms. The van der Waals surface area contributed by atoms with E-state index in [1.165, 1.54) is 11.8 Å². The molecule has 1 aromatic rings. The first-order valence-corrected chi connectivity index (χ1v) is 13.6. The van der Waals surface area contributed by atoms with Gasteiger partial charge in [-0.05, 0) is 36.8 Å². The Kier molecular flexibility index (Phi) is 15.0. The van der Waals surface area contributed by atoms with Crippen molar-refractivity contribution in [3.63, 3.8) is 0 Å². The number of aliphatic carboxylic acids is 1. The SMILES string of the molecule is CSCCC(NC(=O)C(CC(N)=O)NC(=O)C(Cc1ccccc1)NC(=O)C(N)CCCN=C(N)N)C(=O)O. The predicted octanol–water partition coefficient (Wildman–Crippen LogP) is -2.22. The Hall–Kier alpha value is -3.85. The molecule has 0 spiro atoms. The number of carboxylic acids is 1. The number of primary amides is 1. The molecule has 0 fully saturated rings. The van der Waals surface area contributed by atoms with Gasteiger partial charge in [-0.2, -0.15) is 11.8 Å². The molecule has 15 heteroatoms. The summed E-state index contributed by atoms with van der Waals surface area (Å²) in [6.07, 6.45) is 2.05. The number of nitrogens with two attached hydrogens (primary N) is 4. The zero-order valence-electron chi connectivity index (χ0n) is 21.8. The van der Waals surface area contributed by atoms with E-state index in [-0.39, 0.29) is 31.8 Å². The van der Waals surface area contributed by atoms with Crippen LogP contribution < -0.4 is 38.9 Å². The van der Waals surface area contributed by atoms with E-state index >= 15 is 0 Å². The molecule has 0 aliphatic carbocycles. The van der Waals surface area contributed by atoms with Gasteiger partial charge in [-0.15, -0.1) is 0 Å². The molecule has 0 aromatic heterocycles. The second-order valence-corrected chi connectivity index (χ2v) is 9.70. The Morgan fingerprint density at radius 1 is 0.897 bits per heavy atom. The van der Waals surface area contributed by atoms with E-state index in [1.54, 1.807) is 36.6 Å². The Morgan fingerprint density at radius 3 is 2.05 bits per heavy atom. The summed E-state index contributed by atoms with van der Waals surface area (Å²) in [5, 5.41) is 16.8. The van der Waals surface area contributed by atoms with Crippen LogP contribution in [0.2, 0.25) is 0 Å². The fourth-order valence-corrected chi connectivity index (χ4v) is 3.91. The van der Waals surface area contributed by atoms with E-state index in [9.17, 15) is 29.1 Å². The summed E-state index contributed by atoms with van der Waals surface area (Å²) < 4.78 is 0. The van der Waals surface area contributed by atoms with Gasteiger partial charge < -0.3 is 44.0 Å². The van der Waals surface area contributed by atoms with E-state index in [1.807, 2.05) is 0 Å². The van der Waals surface area contributed by atoms with Gasteiger partial charge in [-0.1, -0.05) is 30.3 Å². The van der Waals surface area contributed by atoms with Gasteiger partial charge in [0.15, 0.2) is 5.96 Å². The molecule has 4 unspecified atom stereocenters. The van der Waals surface area contributed by atoms with Crippen LogP contribution in [0.3, 0.4) is 0 Å². The van der Waals surface area contributed by atoms with Gasteiger partial charge in [0.25, 0.3) is 0 Å². The number of amides is 4. The van der Waals surface area contributed by atoms with Crippen LogP contribution in [0, 0.1) is 0 Å². The monoisotopic (exact) mass is 566 g/mol. The number of nitrogens with zero attached hydrogens (tertiary/aromatic N) is 1. The lowest BCUT2D eigenvalue weighted by molar-refractivity contribution is -0.142. The molecule has 1 rings (SSSR count). The highest BCUT2D eigenvalue weighted by Gasteiger charge is 2.31. The van der Waals surface area contributed by atoms with Crippen molar-refractivity contribution in [3.05, 3.63) is 35.9 Å². The van der Waals surface area contributed by atoms with Crippen molar-refractivity contribution < 1.29 is 29.1 Å². The number of hydrogen-bond acceptors (Lipinski definition) is 8. The highest BCUT2D eigenvalue weighted by Crippen LogP contribution is 2.07. The molecule has 216 valence electrons. The van der Waals surface area contributed by atoms with E-state index in [4.69, 9.17) is 22.9 Å². The zero-order valence-corrected chi connectivity index (χ0v) is 22.6. The Bertz CT molecular complexity index is 1010. The van der Waals surface area contributed by atoms with Gasteiger partial charge in [-0.3, -0.25) is 24.2 Å². The number of guanidine groups is 1. The number of rotatable bonds is 18. The maximum Gasteiger partial charge on any atom is 0.326 e. The fraction of sp³-hybridized carbons (Fsp3) is 0.500. The van der Waals surface area contributed by atoms with E-state index in [0.29, 0.717) is 17.7 Å². The average molecular weight is 567 g/mol. The quantitative estimate of drug-likeness (QED) is 0.0539. The highest BCUT2D eigenvalue weighted by atomic mass is 32.2. The predicted molar refractivity (Wildman–Crippen MR) is 148 cm³/mol. The number of benzene rings is 1. The third kappa shape index (κ3) is 13.5. The first-order valence-electron chi connectivity index (χ1n) is 12.2. The van der Waals surface area contributed by atoms with Crippen molar-refractivity contribution in [3.8, 4) is 0 Å². The highest BCUT2D eigenvalue weighted by molar-refractivity contribution is 7.98. The summed E-state index contributed by atoms with van der Waals surface area (Å²) in [5.41, 5.74) is 22.5. The van der Waals surface area contributed by atoms with Gasteiger partial charge >= 0.3 is 5.97 Å². The van der Waals surface area contributed by atoms with Crippen LogP contribution in [0.5, 0.6) is 0 Å². The molecular weight excluding hydrogens is 528 g/mol. The summed E-state index contributed by atoms with van der Waals surface area (Å²) in [4.78, 5) is 65.9. The van der Waals surface area contributed by atoms with Crippen LogP contribution >= 0.6 is 11.8 Å². The van der Waals surface area contributed by atoms with Crippen LogP contribution in [0.25, 0.3) is 0 Å². The molecule has 0 aliphatic rings. The third-order valence-electron chi connectivity index (χ3n) is 5.48. The van der Waals surface area contributed by atoms with E-state index < -0.39 is 60.2 Å². The second-order valence-electron chi connectivity index (χ2n) is 8.72. The first kappa shape index (κ1) is 33.2. The maximum absolute atomic E-state index is 13.3.